The third-order valence-electron chi connectivity index (χ3n) is 2.44. The number of nitrogens with zero attached hydrogens (tertiary/aromatic N) is 2. The van der Waals surface area contributed by atoms with Crippen LogP contribution in [0.1, 0.15) is 23.6 Å². The summed E-state index contributed by atoms with van der Waals surface area (Å²) in [7, 11) is 0. The lowest BCUT2D eigenvalue weighted by molar-refractivity contribution is -0.385. The first-order chi connectivity index (χ1) is 9.03. The van der Waals surface area contributed by atoms with Crippen LogP contribution >= 0.6 is 0 Å². The summed E-state index contributed by atoms with van der Waals surface area (Å²) in [5.41, 5.74) is 5.80. The molecular weight excluding hydrogens is 250 g/mol. The smallest absolute Gasteiger partial charge is 0.310 e. The molecule has 0 saturated carbocycles. The topological polar surface area (TPSA) is 119 Å². The molecule has 100 valence electrons. The monoisotopic (exact) mass is 263 g/mol. The molecule has 1 aromatic rings. The molecule has 0 aliphatic carbocycles. The highest BCUT2D eigenvalue weighted by molar-refractivity contribution is 5.73. The Balaban J connectivity index is 3.22. The lowest BCUT2D eigenvalue weighted by Crippen LogP contribution is -2.10. The molecule has 0 unspecified atom stereocenters. The Kier molecular flexibility index (Phi) is 4.97. The van der Waals surface area contributed by atoms with Gasteiger partial charge in [0.05, 0.1) is 18.0 Å². The van der Waals surface area contributed by atoms with Crippen LogP contribution < -0.4 is 5.73 Å². The molecule has 2 N–H and O–H groups in total. The number of esters is 1. The molecule has 0 saturated heterocycles. The number of nitro benzene ring substituents is 1. The highest BCUT2D eigenvalue weighted by Crippen LogP contribution is 2.24. The van der Waals surface area contributed by atoms with Gasteiger partial charge < -0.3 is 10.5 Å². The van der Waals surface area contributed by atoms with E-state index in [2.05, 4.69) is 0 Å². The second-order valence-corrected chi connectivity index (χ2v) is 3.70. The van der Waals surface area contributed by atoms with Gasteiger partial charge in [0, 0.05) is 12.6 Å². The van der Waals surface area contributed by atoms with Crippen LogP contribution in [0.15, 0.2) is 12.1 Å². The molecule has 0 aromatic heterocycles. The van der Waals surface area contributed by atoms with E-state index in [4.69, 9.17) is 15.7 Å². The Hall–Kier alpha value is -2.46. The highest BCUT2D eigenvalue weighted by atomic mass is 16.6. The fraction of sp³-hybridized carbons (Fsp3) is 0.333. The van der Waals surface area contributed by atoms with Crippen LogP contribution in [0.2, 0.25) is 0 Å². The van der Waals surface area contributed by atoms with Gasteiger partial charge >= 0.3 is 5.97 Å². The first kappa shape index (κ1) is 14.6. The normalized spacial score (nSPS) is 9.74. The van der Waals surface area contributed by atoms with Gasteiger partial charge in [-0.2, -0.15) is 5.26 Å². The van der Waals surface area contributed by atoms with E-state index >= 15 is 0 Å². The number of nitrogens with two attached hydrogens (primary N) is 1. The molecule has 19 heavy (non-hydrogen) atoms. The van der Waals surface area contributed by atoms with Gasteiger partial charge in [0.1, 0.15) is 11.6 Å². The van der Waals surface area contributed by atoms with Gasteiger partial charge in [-0.05, 0) is 18.1 Å². The van der Waals surface area contributed by atoms with Crippen molar-refractivity contribution in [3.05, 3.63) is 38.9 Å². The van der Waals surface area contributed by atoms with E-state index < -0.39 is 10.9 Å². The molecule has 0 fully saturated rings. The lowest BCUT2D eigenvalue weighted by Gasteiger charge is -2.06. The number of nitro groups is 1. The zero-order valence-corrected chi connectivity index (χ0v) is 10.4. The Morgan fingerprint density at radius 1 is 1.58 bits per heavy atom. The van der Waals surface area contributed by atoms with Crippen LogP contribution in [0.4, 0.5) is 5.69 Å². The Morgan fingerprint density at radius 3 is 2.74 bits per heavy atom. The minimum Gasteiger partial charge on any atom is -0.466 e. The zero-order chi connectivity index (χ0) is 14.4. The van der Waals surface area contributed by atoms with Crippen molar-refractivity contribution < 1.29 is 14.5 Å². The van der Waals surface area contributed by atoms with E-state index in [0.29, 0.717) is 11.1 Å². The summed E-state index contributed by atoms with van der Waals surface area (Å²) < 4.78 is 4.77. The molecule has 0 spiro atoms. The minimum atomic E-state index is -0.660. The first-order valence-electron chi connectivity index (χ1n) is 5.59. The van der Waals surface area contributed by atoms with Crippen molar-refractivity contribution in [2.45, 2.75) is 19.9 Å². The van der Waals surface area contributed by atoms with Crippen molar-refractivity contribution in [3.8, 4) is 6.07 Å². The van der Waals surface area contributed by atoms with Crippen molar-refractivity contribution in [3.63, 3.8) is 0 Å². The van der Waals surface area contributed by atoms with Gasteiger partial charge in [0.15, 0.2) is 0 Å². The molecule has 0 amide bonds. The Morgan fingerprint density at radius 2 is 2.26 bits per heavy atom. The average Bonchev–Trinajstić information content (AvgIpc) is 2.37. The van der Waals surface area contributed by atoms with Gasteiger partial charge in [-0.15, -0.1) is 0 Å². The maximum atomic E-state index is 11.4. The van der Waals surface area contributed by atoms with Crippen molar-refractivity contribution in [2.75, 3.05) is 6.61 Å². The molecule has 0 atom stereocenters. The molecule has 0 aliphatic rings. The summed E-state index contributed by atoms with van der Waals surface area (Å²) in [5, 5.41) is 19.8. The number of benzene rings is 1. The number of nitriles is 1. The second-order valence-electron chi connectivity index (χ2n) is 3.70. The molecule has 0 bridgehead atoms. The van der Waals surface area contributed by atoms with E-state index in [9.17, 15) is 14.9 Å². The van der Waals surface area contributed by atoms with Crippen molar-refractivity contribution in [2.24, 2.45) is 5.73 Å². The zero-order valence-electron chi connectivity index (χ0n) is 10.4. The van der Waals surface area contributed by atoms with Crippen LogP contribution in [-0.2, 0) is 22.5 Å². The molecule has 0 heterocycles. The third kappa shape index (κ3) is 3.50. The van der Waals surface area contributed by atoms with E-state index in [1.165, 1.54) is 12.1 Å². The molecular formula is C12H13N3O4. The highest BCUT2D eigenvalue weighted by Gasteiger charge is 2.20. The number of hydrogen-bond acceptors (Lipinski definition) is 6. The minimum absolute atomic E-state index is 0.0135. The lowest BCUT2D eigenvalue weighted by atomic mass is 10.0. The molecule has 0 aliphatic heterocycles. The molecule has 7 heteroatoms. The largest absolute Gasteiger partial charge is 0.466 e. The number of rotatable bonds is 5. The van der Waals surface area contributed by atoms with Crippen LogP contribution in [0.25, 0.3) is 0 Å². The standard InChI is InChI=1S/C12H13N3O4/c1-2-19-12(16)5-8-3-9(6-13)10(7-14)11(4-8)15(17)18/h3-4H,2,5-6,13H2,1H3. The van der Waals surface area contributed by atoms with Crippen LogP contribution in [0.5, 0.6) is 0 Å². The van der Waals surface area contributed by atoms with E-state index in [-0.39, 0.29) is 30.8 Å². The van der Waals surface area contributed by atoms with E-state index in [0.717, 1.165) is 0 Å². The SMILES string of the molecule is CCOC(=O)Cc1cc(CN)c(C#N)c([N+](=O)[O-])c1. The summed E-state index contributed by atoms with van der Waals surface area (Å²) in [6.07, 6.45) is -0.0899. The fourth-order valence-corrected chi connectivity index (χ4v) is 1.66. The summed E-state index contributed by atoms with van der Waals surface area (Å²) >= 11 is 0. The van der Waals surface area contributed by atoms with E-state index in [1.807, 2.05) is 0 Å². The predicted octanol–water partition coefficient (Wildman–Crippen LogP) is 1.03. The number of hydrogen-bond donors (Lipinski definition) is 1. The van der Waals surface area contributed by atoms with Gasteiger partial charge in [-0.25, -0.2) is 0 Å². The van der Waals surface area contributed by atoms with Crippen molar-refractivity contribution in [1.82, 2.24) is 0 Å². The van der Waals surface area contributed by atoms with E-state index in [1.54, 1.807) is 13.0 Å². The van der Waals surface area contributed by atoms with Crippen molar-refractivity contribution >= 4 is 11.7 Å². The molecule has 1 aromatic carbocycles. The summed E-state index contributed by atoms with van der Waals surface area (Å²) in [4.78, 5) is 21.6. The number of carbonyl (C=O) groups excluding carboxylic acids is 1. The predicted molar refractivity (Wildman–Crippen MR) is 66.0 cm³/mol. The van der Waals surface area contributed by atoms with Gasteiger partial charge in [-0.3, -0.25) is 14.9 Å². The quantitative estimate of drug-likeness (QED) is 0.481. The third-order valence-corrected chi connectivity index (χ3v) is 2.44. The number of carbonyl (C=O) groups is 1. The van der Waals surface area contributed by atoms with Gasteiger partial charge in [0.25, 0.3) is 5.69 Å². The van der Waals surface area contributed by atoms with Gasteiger partial charge in [-0.1, -0.05) is 6.07 Å². The molecule has 1 rings (SSSR count). The number of ether oxygens (including phenoxy) is 1. The molecule has 7 nitrogen and oxygen atoms in total. The maximum Gasteiger partial charge on any atom is 0.310 e. The Labute approximate surface area is 109 Å². The summed E-state index contributed by atoms with van der Waals surface area (Å²) in [6, 6.07) is 4.48. The fourth-order valence-electron chi connectivity index (χ4n) is 1.66. The maximum absolute atomic E-state index is 11.4. The summed E-state index contributed by atoms with van der Waals surface area (Å²) in [5.74, 6) is -0.482. The average molecular weight is 263 g/mol. The molecule has 0 radical (unpaired) electrons. The van der Waals surface area contributed by atoms with Crippen LogP contribution in [-0.4, -0.2) is 17.5 Å². The van der Waals surface area contributed by atoms with Gasteiger partial charge in [0.2, 0.25) is 0 Å². The Bertz CT molecular complexity index is 549. The van der Waals surface area contributed by atoms with Crippen molar-refractivity contribution in [1.29, 1.82) is 5.26 Å². The first-order valence-corrected chi connectivity index (χ1v) is 5.59. The van der Waals surface area contributed by atoms with Crippen LogP contribution in [0, 0.1) is 21.4 Å². The van der Waals surface area contributed by atoms with Crippen LogP contribution in [0.3, 0.4) is 0 Å². The summed E-state index contributed by atoms with van der Waals surface area (Å²) in [6.45, 7) is 1.89. The second kappa shape index (κ2) is 6.47.